The van der Waals surface area contributed by atoms with Gasteiger partial charge < -0.3 is 10.6 Å². The summed E-state index contributed by atoms with van der Waals surface area (Å²) in [5, 5.41) is 11.1. The molecule has 23 heavy (non-hydrogen) atoms. The van der Waals surface area contributed by atoms with Crippen molar-refractivity contribution in [1.29, 1.82) is 0 Å². The van der Waals surface area contributed by atoms with Crippen LogP contribution in [-0.4, -0.2) is 34.8 Å². The lowest BCUT2D eigenvalue weighted by Crippen LogP contribution is -2.48. The lowest BCUT2D eigenvalue weighted by Gasteiger charge is -2.30. The van der Waals surface area contributed by atoms with Crippen LogP contribution in [0.15, 0.2) is 30.3 Å². The second kappa shape index (κ2) is 6.54. The lowest BCUT2D eigenvalue weighted by molar-refractivity contribution is 0.0913. The van der Waals surface area contributed by atoms with Crippen molar-refractivity contribution in [1.82, 2.24) is 20.4 Å². The molecule has 1 fully saturated rings. The van der Waals surface area contributed by atoms with Crippen LogP contribution in [0.25, 0.3) is 5.69 Å². The zero-order valence-corrected chi connectivity index (χ0v) is 14.0. The van der Waals surface area contributed by atoms with Gasteiger partial charge in [-0.3, -0.25) is 4.79 Å². The maximum absolute atomic E-state index is 12.8. The van der Waals surface area contributed by atoms with E-state index in [1.807, 2.05) is 48.9 Å². The highest BCUT2D eigenvalue weighted by Gasteiger charge is 2.26. The van der Waals surface area contributed by atoms with Gasteiger partial charge in [0.15, 0.2) is 0 Å². The van der Waals surface area contributed by atoms with Crippen molar-refractivity contribution in [3.63, 3.8) is 0 Å². The number of carbonyl (C=O) groups is 1. The van der Waals surface area contributed by atoms with E-state index in [2.05, 4.69) is 22.7 Å². The number of piperidine rings is 1. The van der Waals surface area contributed by atoms with E-state index in [-0.39, 0.29) is 11.9 Å². The van der Waals surface area contributed by atoms with Crippen LogP contribution in [0.2, 0.25) is 0 Å². The van der Waals surface area contributed by atoms with Gasteiger partial charge >= 0.3 is 0 Å². The van der Waals surface area contributed by atoms with Gasteiger partial charge in [-0.25, -0.2) is 4.68 Å². The summed E-state index contributed by atoms with van der Waals surface area (Å²) in [6.07, 6.45) is 0.970. The quantitative estimate of drug-likeness (QED) is 0.913. The Hall–Kier alpha value is -2.14. The molecule has 2 unspecified atom stereocenters. The molecule has 0 saturated carbocycles. The minimum atomic E-state index is -0.0130. The smallest absolute Gasteiger partial charge is 0.255 e. The molecule has 122 valence electrons. The molecule has 5 heteroatoms. The van der Waals surface area contributed by atoms with Crippen LogP contribution in [0.5, 0.6) is 0 Å². The summed E-state index contributed by atoms with van der Waals surface area (Å²) < 4.78 is 1.84. The van der Waals surface area contributed by atoms with E-state index in [9.17, 15) is 4.79 Å². The van der Waals surface area contributed by atoms with Crippen LogP contribution >= 0.6 is 0 Å². The number of nitrogens with zero attached hydrogens (tertiary/aromatic N) is 2. The predicted molar refractivity (Wildman–Crippen MR) is 90.9 cm³/mol. The molecule has 0 aliphatic carbocycles. The van der Waals surface area contributed by atoms with Crippen LogP contribution < -0.4 is 10.6 Å². The van der Waals surface area contributed by atoms with Crippen LogP contribution in [0, 0.1) is 19.8 Å². The molecule has 1 aliphatic heterocycles. The first-order valence-electron chi connectivity index (χ1n) is 8.21. The number of benzene rings is 1. The molecule has 0 bridgehead atoms. The van der Waals surface area contributed by atoms with Gasteiger partial charge in [0.2, 0.25) is 0 Å². The minimum Gasteiger partial charge on any atom is -0.349 e. The van der Waals surface area contributed by atoms with E-state index in [1.165, 1.54) is 0 Å². The Balaban J connectivity index is 1.85. The first kappa shape index (κ1) is 15.7. The van der Waals surface area contributed by atoms with Gasteiger partial charge in [0.05, 0.1) is 22.6 Å². The fraction of sp³-hybridized carbons (Fsp3) is 0.444. The highest BCUT2D eigenvalue weighted by molar-refractivity contribution is 5.96. The number of aromatic nitrogens is 2. The van der Waals surface area contributed by atoms with Crippen LogP contribution in [0.4, 0.5) is 0 Å². The zero-order valence-electron chi connectivity index (χ0n) is 14.0. The van der Waals surface area contributed by atoms with Crippen molar-refractivity contribution in [2.24, 2.45) is 5.92 Å². The Bertz CT molecular complexity index is 693. The van der Waals surface area contributed by atoms with Gasteiger partial charge in [-0.15, -0.1) is 0 Å². The summed E-state index contributed by atoms with van der Waals surface area (Å²) in [7, 11) is 0. The molecule has 2 heterocycles. The van der Waals surface area contributed by atoms with Crippen molar-refractivity contribution < 1.29 is 4.79 Å². The van der Waals surface area contributed by atoms with E-state index >= 15 is 0 Å². The highest BCUT2D eigenvalue weighted by atomic mass is 16.1. The summed E-state index contributed by atoms with van der Waals surface area (Å²) in [6, 6.07) is 10.1. The molecular formula is C18H24N4O. The molecule has 1 aliphatic rings. The maximum atomic E-state index is 12.8. The summed E-state index contributed by atoms with van der Waals surface area (Å²) in [4.78, 5) is 12.8. The Kier molecular flexibility index (Phi) is 4.48. The molecule has 1 amide bonds. The summed E-state index contributed by atoms with van der Waals surface area (Å²) in [5.41, 5.74) is 3.32. The number of hydrogen-bond donors (Lipinski definition) is 2. The molecule has 2 aromatic rings. The SMILES string of the molecule is Cc1nn(-c2ccccc2)c(C)c1C(=O)NC1CCNCC1C. The van der Waals surface area contributed by atoms with Gasteiger partial charge in [-0.05, 0) is 51.4 Å². The Morgan fingerprint density at radius 3 is 2.74 bits per heavy atom. The molecular weight excluding hydrogens is 288 g/mol. The van der Waals surface area contributed by atoms with Crippen LogP contribution in [-0.2, 0) is 0 Å². The molecule has 1 aromatic heterocycles. The highest BCUT2D eigenvalue weighted by Crippen LogP contribution is 2.19. The largest absolute Gasteiger partial charge is 0.349 e. The molecule has 3 rings (SSSR count). The molecule has 1 saturated heterocycles. The molecule has 5 nitrogen and oxygen atoms in total. The normalized spacial score (nSPS) is 21.2. The molecule has 2 atom stereocenters. The van der Waals surface area contributed by atoms with E-state index < -0.39 is 0 Å². The average Bonchev–Trinajstić information content (AvgIpc) is 2.85. The number of nitrogens with one attached hydrogen (secondary N) is 2. The van der Waals surface area contributed by atoms with E-state index in [1.54, 1.807) is 0 Å². The number of carbonyl (C=O) groups excluding carboxylic acids is 1. The van der Waals surface area contributed by atoms with Gasteiger partial charge in [0.1, 0.15) is 0 Å². The third-order valence-electron chi connectivity index (χ3n) is 4.62. The number of rotatable bonds is 3. The first-order chi connectivity index (χ1) is 11.1. The first-order valence-corrected chi connectivity index (χ1v) is 8.21. The molecule has 0 radical (unpaired) electrons. The third-order valence-corrected chi connectivity index (χ3v) is 4.62. The molecule has 0 spiro atoms. The standard InChI is InChI=1S/C18H24N4O/c1-12-11-19-10-9-16(12)20-18(23)17-13(2)21-22(14(17)3)15-7-5-4-6-8-15/h4-8,12,16,19H,9-11H2,1-3H3,(H,20,23). The molecule has 1 aromatic carbocycles. The van der Waals surface area contributed by atoms with Crippen molar-refractivity contribution in [2.75, 3.05) is 13.1 Å². The zero-order chi connectivity index (χ0) is 16.4. The average molecular weight is 312 g/mol. The third kappa shape index (κ3) is 3.15. The van der Waals surface area contributed by atoms with Gasteiger partial charge in [0, 0.05) is 6.04 Å². The second-order valence-electron chi connectivity index (χ2n) is 6.34. The van der Waals surface area contributed by atoms with E-state index in [0.29, 0.717) is 11.5 Å². The Morgan fingerprint density at radius 2 is 2.04 bits per heavy atom. The maximum Gasteiger partial charge on any atom is 0.255 e. The monoisotopic (exact) mass is 312 g/mol. The minimum absolute atomic E-state index is 0.0130. The predicted octanol–water partition coefficient (Wildman–Crippen LogP) is 2.22. The second-order valence-corrected chi connectivity index (χ2v) is 6.34. The number of para-hydroxylation sites is 1. The summed E-state index contributed by atoms with van der Waals surface area (Å²) in [5.74, 6) is 0.429. The number of amides is 1. The number of aryl methyl sites for hydroxylation is 1. The van der Waals surface area contributed by atoms with Gasteiger partial charge in [-0.2, -0.15) is 5.10 Å². The van der Waals surface area contributed by atoms with Gasteiger partial charge in [-0.1, -0.05) is 25.1 Å². The van der Waals surface area contributed by atoms with Crippen LogP contribution in [0.3, 0.4) is 0 Å². The van der Waals surface area contributed by atoms with Crippen molar-refractivity contribution in [3.05, 3.63) is 47.3 Å². The Morgan fingerprint density at radius 1 is 1.30 bits per heavy atom. The summed E-state index contributed by atoms with van der Waals surface area (Å²) in [6.45, 7) is 7.92. The molecule has 2 N–H and O–H groups in total. The van der Waals surface area contributed by atoms with E-state index in [4.69, 9.17) is 0 Å². The van der Waals surface area contributed by atoms with Crippen molar-refractivity contribution in [2.45, 2.75) is 33.2 Å². The van der Waals surface area contributed by atoms with Crippen molar-refractivity contribution in [3.8, 4) is 5.69 Å². The summed E-state index contributed by atoms with van der Waals surface area (Å²) >= 11 is 0. The number of hydrogen-bond acceptors (Lipinski definition) is 3. The Labute approximate surface area is 137 Å². The fourth-order valence-corrected chi connectivity index (χ4v) is 3.26. The topological polar surface area (TPSA) is 59.0 Å². The van der Waals surface area contributed by atoms with Crippen molar-refractivity contribution >= 4 is 5.91 Å². The van der Waals surface area contributed by atoms with Crippen LogP contribution in [0.1, 0.15) is 35.1 Å². The van der Waals surface area contributed by atoms with E-state index in [0.717, 1.165) is 36.6 Å². The van der Waals surface area contributed by atoms with Gasteiger partial charge in [0.25, 0.3) is 5.91 Å². The fourth-order valence-electron chi connectivity index (χ4n) is 3.26. The lowest BCUT2D eigenvalue weighted by atomic mass is 9.95.